The number of ether oxygens (including phenoxy) is 1. The van der Waals surface area contributed by atoms with Crippen LogP contribution >= 0.6 is 7.82 Å². The Balaban J connectivity index is 2.44. The van der Waals surface area contributed by atoms with E-state index < -0.39 is 63.2 Å². The minimum absolute atomic E-state index is 0.366. The number of unbranched alkanes of at least 4 members (excludes halogenated alkanes) is 8. The van der Waals surface area contributed by atoms with Crippen molar-refractivity contribution in [1.82, 2.24) is 5.32 Å². The number of phosphoric ester groups is 1. The largest absolute Gasteiger partial charge is 0.470 e. The molecule has 196 valence electrons. The van der Waals surface area contributed by atoms with Crippen LogP contribution in [0.5, 0.6) is 0 Å². The van der Waals surface area contributed by atoms with E-state index >= 15 is 0 Å². The molecule has 1 saturated heterocycles. The Morgan fingerprint density at radius 1 is 1.09 bits per heavy atom. The molecule has 0 aromatic rings. The number of rotatable bonds is 16. The summed E-state index contributed by atoms with van der Waals surface area (Å²) in [6, 6.07) is 0. The molecular formula is C20H40NO11P. The molecule has 0 saturated carbocycles. The van der Waals surface area contributed by atoms with Crippen LogP contribution in [0.25, 0.3) is 0 Å². The Morgan fingerprint density at radius 3 is 2.15 bits per heavy atom. The molecule has 1 aliphatic rings. The third-order valence-corrected chi connectivity index (χ3v) is 6.10. The van der Waals surface area contributed by atoms with Crippen LogP contribution in [0, 0.1) is 0 Å². The average molecular weight is 502 g/mol. The van der Waals surface area contributed by atoms with E-state index in [0.29, 0.717) is 6.42 Å². The van der Waals surface area contributed by atoms with Gasteiger partial charge < -0.3 is 45.4 Å². The van der Waals surface area contributed by atoms with E-state index in [1.54, 1.807) is 0 Å². The number of aliphatic hydroxyl groups is 5. The number of carbonyl (C=O) groups is 1. The average Bonchev–Trinajstić information content (AvgIpc) is 2.72. The highest BCUT2D eigenvalue weighted by molar-refractivity contribution is 7.46. The monoisotopic (exact) mass is 501 g/mol. The van der Waals surface area contributed by atoms with Gasteiger partial charge in [-0.25, -0.2) is 4.57 Å². The van der Waals surface area contributed by atoms with Crippen molar-refractivity contribution < 1.29 is 53.9 Å². The second kappa shape index (κ2) is 14.7. The fourth-order valence-corrected chi connectivity index (χ4v) is 4.37. The summed E-state index contributed by atoms with van der Waals surface area (Å²) in [7, 11) is -5.13. The van der Waals surface area contributed by atoms with Gasteiger partial charge in [0.1, 0.15) is 18.3 Å². The molecule has 12 nitrogen and oxygen atoms in total. The quantitative estimate of drug-likeness (QED) is 0.0803. The van der Waals surface area contributed by atoms with Crippen LogP contribution in [0.15, 0.2) is 0 Å². The second-order valence-corrected chi connectivity index (χ2v) is 9.75. The highest BCUT2D eigenvalue weighted by Gasteiger charge is 2.56. The maximum atomic E-state index is 12.2. The van der Waals surface area contributed by atoms with Crippen LogP contribution in [0.1, 0.15) is 77.6 Å². The number of hydrogen-bond acceptors (Lipinski definition) is 9. The zero-order chi connectivity index (χ0) is 25.1. The first-order chi connectivity index (χ1) is 15.4. The van der Waals surface area contributed by atoms with E-state index in [0.717, 1.165) is 25.7 Å². The molecule has 1 aliphatic heterocycles. The standard InChI is InChI=1S/C20H40NO11P/c1-2-3-4-5-6-7-8-9-10-11-14(23)12-16(24)21-20(27)19(26)17(25)18(15(13-22)31-20)32-33(28,29)30/h14-15,17-19,22-23,25-27H,2-13H2,1H3,(H,21,24)(H2,28,29,30)/t14?,15-,17+,18-,19-,20?/m1/s1. The molecule has 13 heteroatoms. The van der Waals surface area contributed by atoms with Crippen molar-refractivity contribution in [2.24, 2.45) is 0 Å². The van der Waals surface area contributed by atoms with E-state index in [4.69, 9.17) is 14.5 Å². The molecular weight excluding hydrogens is 461 g/mol. The van der Waals surface area contributed by atoms with Crippen LogP contribution in [-0.2, 0) is 18.6 Å². The molecule has 0 aromatic carbocycles. The van der Waals surface area contributed by atoms with Gasteiger partial charge in [-0.05, 0) is 6.42 Å². The Morgan fingerprint density at radius 2 is 1.64 bits per heavy atom. The lowest BCUT2D eigenvalue weighted by atomic mass is 9.96. The first-order valence-corrected chi connectivity index (χ1v) is 13.1. The first kappa shape index (κ1) is 30.4. The van der Waals surface area contributed by atoms with Gasteiger partial charge in [0.05, 0.1) is 19.1 Å². The molecule has 33 heavy (non-hydrogen) atoms. The number of carbonyl (C=O) groups excluding carboxylic acids is 1. The molecule has 0 bridgehead atoms. The van der Waals surface area contributed by atoms with Crippen molar-refractivity contribution in [1.29, 1.82) is 0 Å². The number of nitrogens with one attached hydrogen (secondary N) is 1. The number of phosphoric acid groups is 1. The lowest BCUT2D eigenvalue weighted by Crippen LogP contribution is -2.71. The summed E-state index contributed by atoms with van der Waals surface area (Å²) in [6.45, 7) is 1.22. The topological polar surface area (TPSA) is 206 Å². The molecule has 0 aliphatic carbocycles. The Hall–Kier alpha value is -0.660. The molecule has 1 fully saturated rings. The zero-order valence-corrected chi connectivity index (χ0v) is 20.0. The Labute approximate surface area is 194 Å². The normalized spacial score (nSPS) is 29.1. The molecule has 0 radical (unpaired) electrons. The van der Waals surface area contributed by atoms with Crippen molar-refractivity contribution in [3.63, 3.8) is 0 Å². The summed E-state index contributed by atoms with van der Waals surface area (Å²) >= 11 is 0. The minimum Gasteiger partial charge on any atom is -0.394 e. The Kier molecular flexibility index (Phi) is 13.5. The molecule has 6 atom stereocenters. The predicted molar refractivity (Wildman–Crippen MR) is 116 cm³/mol. The second-order valence-electron chi connectivity index (χ2n) is 8.55. The molecule has 1 amide bonds. The van der Waals surface area contributed by atoms with Gasteiger partial charge >= 0.3 is 7.82 Å². The lowest BCUT2D eigenvalue weighted by Gasteiger charge is -2.46. The van der Waals surface area contributed by atoms with E-state index in [1.165, 1.54) is 32.1 Å². The number of aliphatic hydroxyl groups excluding tert-OH is 4. The summed E-state index contributed by atoms with van der Waals surface area (Å²) in [5.41, 5.74) is 0. The first-order valence-electron chi connectivity index (χ1n) is 11.5. The number of amides is 1. The predicted octanol–water partition coefficient (Wildman–Crippen LogP) is 0.0114. The summed E-state index contributed by atoms with van der Waals surface area (Å²) in [4.78, 5) is 30.1. The third-order valence-electron chi connectivity index (χ3n) is 5.58. The van der Waals surface area contributed by atoms with Gasteiger partial charge in [0.15, 0.2) is 6.10 Å². The lowest BCUT2D eigenvalue weighted by molar-refractivity contribution is -0.356. The smallest absolute Gasteiger partial charge is 0.394 e. The fourth-order valence-electron chi connectivity index (χ4n) is 3.79. The summed E-state index contributed by atoms with van der Waals surface area (Å²) < 4.78 is 20.4. The third kappa shape index (κ3) is 11.1. The highest BCUT2D eigenvalue weighted by atomic mass is 31.2. The van der Waals surface area contributed by atoms with Gasteiger partial charge in [0.25, 0.3) is 5.91 Å². The van der Waals surface area contributed by atoms with Crippen LogP contribution in [0.2, 0.25) is 0 Å². The van der Waals surface area contributed by atoms with E-state index in [-0.39, 0.29) is 0 Å². The van der Waals surface area contributed by atoms with E-state index in [1.807, 2.05) is 5.32 Å². The van der Waals surface area contributed by atoms with Gasteiger partial charge in [-0.15, -0.1) is 0 Å². The van der Waals surface area contributed by atoms with Gasteiger partial charge in [-0.1, -0.05) is 64.7 Å². The van der Waals surface area contributed by atoms with Gasteiger partial charge in [0.2, 0.25) is 5.91 Å². The summed E-state index contributed by atoms with van der Waals surface area (Å²) in [5, 5.41) is 52.1. The highest BCUT2D eigenvalue weighted by Crippen LogP contribution is 2.42. The zero-order valence-electron chi connectivity index (χ0n) is 19.1. The van der Waals surface area contributed by atoms with Crippen molar-refractivity contribution in [3.05, 3.63) is 0 Å². The molecule has 0 spiro atoms. The molecule has 1 heterocycles. The van der Waals surface area contributed by atoms with Gasteiger partial charge in [-0.3, -0.25) is 9.32 Å². The molecule has 8 N–H and O–H groups in total. The van der Waals surface area contributed by atoms with Gasteiger partial charge in [-0.2, -0.15) is 0 Å². The van der Waals surface area contributed by atoms with E-state index in [2.05, 4.69) is 11.4 Å². The molecule has 2 unspecified atom stereocenters. The maximum absolute atomic E-state index is 12.2. The molecule has 0 aromatic heterocycles. The molecule has 1 rings (SSSR count). The maximum Gasteiger partial charge on any atom is 0.470 e. The van der Waals surface area contributed by atoms with Gasteiger partial charge in [0, 0.05) is 0 Å². The van der Waals surface area contributed by atoms with E-state index in [9.17, 15) is 34.9 Å². The summed E-state index contributed by atoms with van der Waals surface area (Å²) in [5.74, 6) is -3.76. The summed E-state index contributed by atoms with van der Waals surface area (Å²) in [6.07, 6.45) is 1.00. The van der Waals surface area contributed by atoms with Crippen molar-refractivity contribution >= 4 is 13.7 Å². The van der Waals surface area contributed by atoms with Crippen LogP contribution < -0.4 is 5.32 Å². The van der Waals surface area contributed by atoms with Crippen molar-refractivity contribution in [2.75, 3.05) is 6.61 Å². The fraction of sp³-hybridized carbons (Fsp3) is 0.950. The van der Waals surface area contributed by atoms with Crippen LogP contribution in [0.3, 0.4) is 0 Å². The van der Waals surface area contributed by atoms with Crippen molar-refractivity contribution in [3.8, 4) is 0 Å². The minimum atomic E-state index is -5.13. The van der Waals surface area contributed by atoms with Crippen LogP contribution in [-0.4, -0.2) is 84.3 Å². The Bertz CT molecular complexity index is 617. The SMILES string of the molecule is CCCCCCCCCCCC(O)CC(=O)NC1(O)O[C@H](CO)[C@@H](OP(=O)(O)O)[C@H](O)[C@H]1O. The number of hydrogen-bond donors (Lipinski definition) is 8. The van der Waals surface area contributed by atoms with Crippen LogP contribution in [0.4, 0.5) is 0 Å². The van der Waals surface area contributed by atoms with Crippen molar-refractivity contribution in [2.45, 2.75) is 114 Å².